The van der Waals surface area contributed by atoms with E-state index < -0.39 is 0 Å². The molecule has 0 aromatic heterocycles. The van der Waals surface area contributed by atoms with Crippen LogP contribution in [0.2, 0.25) is 5.02 Å². The van der Waals surface area contributed by atoms with E-state index in [0.717, 1.165) is 23.1 Å². The summed E-state index contributed by atoms with van der Waals surface area (Å²) in [4.78, 5) is 14.0. The van der Waals surface area contributed by atoms with Gasteiger partial charge in [0.2, 0.25) is 0 Å². The fourth-order valence-corrected chi connectivity index (χ4v) is 2.69. The molecule has 0 bridgehead atoms. The number of likely N-dealkylation sites (N-methyl/N-ethyl adjacent to an activating group) is 1. The Bertz CT molecular complexity index is 447. The number of hydrogen-bond donors (Lipinski definition) is 1. The minimum atomic E-state index is 0.0296. The van der Waals surface area contributed by atoms with E-state index in [-0.39, 0.29) is 5.91 Å². The number of amides is 1. The van der Waals surface area contributed by atoms with Gasteiger partial charge in [0.25, 0.3) is 5.91 Å². The second-order valence-corrected chi connectivity index (χ2v) is 6.18. The van der Waals surface area contributed by atoms with Crippen LogP contribution in [0.1, 0.15) is 23.2 Å². The average Bonchev–Trinajstić information content (AvgIpc) is 2.84. The second-order valence-electron chi connectivity index (χ2n) is 4.61. The molecule has 1 saturated heterocycles. The molecule has 0 saturated carbocycles. The van der Waals surface area contributed by atoms with Crippen molar-refractivity contribution in [3.8, 4) is 0 Å². The molecular weight excluding hydrogens is 363 g/mol. The van der Waals surface area contributed by atoms with Gasteiger partial charge in [-0.3, -0.25) is 4.79 Å². The minimum absolute atomic E-state index is 0.0296. The predicted octanol–water partition coefficient (Wildman–Crippen LogP) is 2.77. The first-order valence-corrected chi connectivity index (χ1v) is 7.47. The van der Waals surface area contributed by atoms with Crippen molar-refractivity contribution < 1.29 is 4.79 Å². The Morgan fingerprint density at radius 1 is 1.61 bits per heavy atom. The lowest BCUT2D eigenvalue weighted by atomic mass is 10.1. The van der Waals surface area contributed by atoms with Crippen molar-refractivity contribution in [2.45, 2.75) is 18.9 Å². The van der Waals surface area contributed by atoms with Crippen LogP contribution in [0.5, 0.6) is 0 Å². The third kappa shape index (κ3) is 3.36. The fraction of sp³-hybridized carbons (Fsp3) is 0.462. The molecule has 1 fully saturated rings. The average molecular weight is 379 g/mol. The lowest BCUT2D eigenvalue weighted by molar-refractivity contribution is 0.0784. The Kier molecular flexibility index (Phi) is 4.86. The Labute approximate surface area is 126 Å². The fourth-order valence-electron chi connectivity index (χ4n) is 2.18. The molecular formula is C13H16ClIN2O. The van der Waals surface area contributed by atoms with E-state index in [1.165, 1.54) is 6.42 Å². The van der Waals surface area contributed by atoms with Crippen molar-refractivity contribution in [1.29, 1.82) is 0 Å². The molecule has 1 aliphatic rings. The van der Waals surface area contributed by atoms with Crippen LogP contribution < -0.4 is 5.32 Å². The summed E-state index contributed by atoms with van der Waals surface area (Å²) < 4.78 is 0.964. The molecule has 1 aromatic rings. The molecule has 98 valence electrons. The van der Waals surface area contributed by atoms with Gasteiger partial charge >= 0.3 is 0 Å². The number of carbonyl (C=O) groups excluding carboxylic acids is 1. The molecule has 1 heterocycles. The van der Waals surface area contributed by atoms with E-state index in [4.69, 9.17) is 11.6 Å². The van der Waals surface area contributed by atoms with Crippen molar-refractivity contribution in [3.63, 3.8) is 0 Å². The molecule has 0 radical (unpaired) electrons. The molecule has 3 nitrogen and oxygen atoms in total. The number of carbonyl (C=O) groups is 1. The van der Waals surface area contributed by atoms with Gasteiger partial charge in [-0.15, -0.1) is 0 Å². The van der Waals surface area contributed by atoms with Gasteiger partial charge in [0.05, 0.1) is 5.02 Å². The molecule has 1 aromatic carbocycles. The van der Waals surface area contributed by atoms with E-state index in [9.17, 15) is 4.79 Å². The van der Waals surface area contributed by atoms with Crippen molar-refractivity contribution in [1.82, 2.24) is 10.2 Å². The smallest absolute Gasteiger partial charge is 0.253 e. The third-order valence-corrected chi connectivity index (χ3v) is 4.74. The summed E-state index contributed by atoms with van der Waals surface area (Å²) in [7, 11) is 1.84. The van der Waals surface area contributed by atoms with Crippen LogP contribution in [0.15, 0.2) is 18.2 Å². The zero-order valence-electron chi connectivity index (χ0n) is 10.2. The molecule has 0 spiro atoms. The summed E-state index contributed by atoms with van der Waals surface area (Å²) in [6.45, 7) is 1.81. The van der Waals surface area contributed by atoms with Gasteiger partial charge in [0, 0.05) is 28.8 Å². The number of benzene rings is 1. The maximum Gasteiger partial charge on any atom is 0.253 e. The number of halogens is 2. The maximum absolute atomic E-state index is 12.2. The van der Waals surface area contributed by atoms with E-state index in [1.807, 2.05) is 19.2 Å². The zero-order chi connectivity index (χ0) is 13.1. The first-order valence-electron chi connectivity index (χ1n) is 6.02. The van der Waals surface area contributed by atoms with Crippen molar-refractivity contribution >= 4 is 40.1 Å². The maximum atomic E-state index is 12.2. The summed E-state index contributed by atoms with van der Waals surface area (Å²) in [5.74, 6) is 0.0296. The molecule has 5 heteroatoms. The SMILES string of the molecule is CN(CC1CCCN1)C(=O)c1ccc(I)c(Cl)c1. The first kappa shape index (κ1) is 14.1. The molecule has 1 amide bonds. The van der Waals surface area contributed by atoms with Crippen LogP contribution in [0.25, 0.3) is 0 Å². The Morgan fingerprint density at radius 2 is 2.39 bits per heavy atom. The van der Waals surface area contributed by atoms with Crippen molar-refractivity contribution in [2.75, 3.05) is 20.1 Å². The van der Waals surface area contributed by atoms with Gasteiger partial charge < -0.3 is 10.2 Å². The van der Waals surface area contributed by atoms with E-state index >= 15 is 0 Å². The molecule has 0 aliphatic carbocycles. The van der Waals surface area contributed by atoms with Gasteiger partial charge in [-0.2, -0.15) is 0 Å². The summed E-state index contributed by atoms with van der Waals surface area (Å²) in [6, 6.07) is 5.87. The molecule has 2 rings (SSSR count). The Morgan fingerprint density at radius 3 is 3.00 bits per heavy atom. The second kappa shape index (κ2) is 6.21. The first-order chi connectivity index (χ1) is 8.58. The predicted molar refractivity (Wildman–Crippen MR) is 82.2 cm³/mol. The Hall–Kier alpha value is -0.330. The lowest BCUT2D eigenvalue weighted by Crippen LogP contribution is -2.38. The van der Waals surface area contributed by atoms with Crippen LogP contribution in [-0.4, -0.2) is 37.0 Å². The number of nitrogens with one attached hydrogen (secondary N) is 1. The van der Waals surface area contributed by atoms with Crippen LogP contribution >= 0.6 is 34.2 Å². The highest BCUT2D eigenvalue weighted by Crippen LogP contribution is 2.20. The largest absolute Gasteiger partial charge is 0.340 e. The normalized spacial score (nSPS) is 18.9. The van der Waals surface area contributed by atoms with Crippen LogP contribution in [-0.2, 0) is 0 Å². The monoisotopic (exact) mass is 378 g/mol. The van der Waals surface area contributed by atoms with Crippen LogP contribution in [0.3, 0.4) is 0 Å². The molecule has 1 aliphatic heterocycles. The van der Waals surface area contributed by atoms with Crippen LogP contribution in [0.4, 0.5) is 0 Å². The van der Waals surface area contributed by atoms with Crippen molar-refractivity contribution in [2.24, 2.45) is 0 Å². The van der Waals surface area contributed by atoms with Crippen molar-refractivity contribution in [3.05, 3.63) is 32.4 Å². The molecule has 1 atom stereocenters. The van der Waals surface area contributed by atoms with Gasteiger partial charge in [-0.05, 0) is 60.2 Å². The topological polar surface area (TPSA) is 32.3 Å². The van der Waals surface area contributed by atoms with Gasteiger partial charge in [-0.1, -0.05) is 11.6 Å². The molecule has 18 heavy (non-hydrogen) atoms. The quantitative estimate of drug-likeness (QED) is 0.820. The van der Waals surface area contributed by atoms with E-state index in [0.29, 0.717) is 16.6 Å². The summed E-state index contributed by atoms with van der Waals surface area (Å²) in [5, 5.41) is 4.03. The van der Waals surface area contributed by atoms with Gasteiger partial charge in [0.1, 0.15) is 0 Å². The summed E-state index contributed by atoms with van der Waals surface area (Å²) >= 11 is 8.20. The van der Waals surface area contributed by atoms with Gasteiger partial charge in [-0.25, -0.2) is 0 Å². The summed E-state index contributed by atoms with van der Waals surface area (Å²) in [5.41, 5.74) is 0.654. The van der Waals surface area contributed by atoms with E-state index in [2.05, 4.69) is 27.9 Å². The molecule has 1 N–H and O–H groups in total. The highest BCUT2D eigenvalue weighted by Gasteiger charge is 2.19. The minimum Gasteiger partial charge on any atom is -0.340 e. The number of hydrogen-bond acceptors (Lipinski definition) is 2. The third-order valence-electron chi connectivity index (χ3n) is 3.17. The standard InChI is InChI=1S/C13H16ClIN2O/c1-17(8-10-3-2-6-16-10)13(18)9-4-5-12(15)11(14)7-9/h4-5,7,10,16H,2-3,6,8H2,1H3. The lowest BCUT2D eigenvalue weighted by Gasteiger charge is -2.21. The van der Waals surface area contributed by atoms with E-state index in [1.54, 1.807) is 11.0 Å². The molecule has 1 unspecified atom stereocenters. The zero-order valence-corrected chi connectivity index (χ0v) is 13.2. The highest BCUT2D eigenvalue weighted by atomic mass is 127. The number of nitrogens with zero attached hydrogens (tertiary/aromatic N) is 1. The Balaban J connectivity index is 2.02. The van der Waals surface area contributed by atoms with Crippen LogP contribution in [0, 0.1) is 3.57 Å². The highest BCUT2D eigenvalue weighted by molar-refractivity contribution is 14.1. The van der Waals surface area contributed by atoms with Gasteiger partial charge in [0.15, 0.2) is 0 Å². The number of rotatable bonds is 3. The summed E-state index contributed by atoms with van der Waals surface area (Å²) in [6.07, 6.45) is 2.34.